The van der Waals surface area contributed by atoms with Gasteiger partial charge in [-0.3, -0.25) is 14.4 Å². The summed E-state index contributed by atoms with van der Waals surface area (Å²) in [4.78, 5) is 14.8. The molecule has 1 amide bonds. The van der Waals surface area contributed by atoms with Crippen molar-refractivity contribution in [3.8, 4) is 0 Å². The maximum Gasteiger partial charge on any atom is 0.240 e. The van der Waals surface area contributed by atoms with E-state index in [1.54, 1.807) is 4.68 Å². The third-order valence-electron chi connectivity index (χ3n) is 4.94. The summed E-state index contributed by atoms with van der Waals surface area (Å²) < 4.78 is 1.74. The molecule has 116 valence electrons. The van der Waals surface area contributed by atoms with Crippen molar-refractivity contribution in [3.05, 3.63) is 16.4 Å². The summed E-state index contributed by atoms with van der Waals surface area (Å²) in [7, 11) is 1.87. The van der Waals surface area contributed by atoms with E-state index in [0.29, 0.717) is 5.15 Å². The first-order chi connectivity index (χ1) is 10.1. The molecule has 0 saturated carbocycles. The molecular weight excluding hydrogens is 288 g/mol. The fraction of sp³-hybridized carbons (Fsp3) is 0.733. The molecule has 0 aromatic carbocycles. The molecule has 0 bridgehead atoms. The quantitative estimate of drug-likeness (QED) is 0.927. The van der Waals surface area contributed by atoms with Crippen LogP contribution in [0.1, 0.15) is 43.9 Å². The standard InChI is InChI=1S/C15H23ClN4O/c1-3-12-11(13(16)19(2)18-12)10-20-9-5-7-15(20)6-4-8-17-14(15)21/h3-10H2,1-2H3,(H,17,21). The molecule has 1 unspecified atom stereocenters. The van der Waals surface area contributed by atoms with Gasteiger partial charge in [0.05, 0.1) is 5.69 Å². The van der Waals surface area contributed by atoms with E-state index >= 15 is 0 Å². The molecule has 1 spiro atoms. The Bertz CT molecular complexity index is 556. The minimum atomic E-state index is -0.317. The van der Waals surface area contributed by atoms with E-state index in [2.05, 4.69) is 22.2 Å². The summed E-state index contributed by atoms with van der Waals surface area (Å²) in [5, 5.41) is 8.22. The fourth-order valence-corrected chi connectivity index (χ4v) is 4.00. The number of hydrogen-bond acceptors (Lipinski definition) is 3. The minimum Gasteiger partial charge on any atom is -0.354 e. The van der Waals surface area contributed by atoms with Gasteiger partial charge in [-0.25, -0.2) is 0 Å². The first-order valence-electron chi connectivity index (χ1n) is 7.82. The first kappa shape index (κ1) is 14.9. The molecule has 0 radical (unpaired) electrons. The van der Waals surface area contributed by atoms with Gasteiger partial charge in [0.15, 0.2) is 0 Å². The topological polar surface area (TPSA) is 50.2 Å². The molecule has 2 fully saturated rings. The normalized spacial score (nSPS) is 26.5. The summed E-state index contributed by atoms with van der Waals surface area (Å²) >= 11 is 6.41. The van der Waals surface area contributed by atoms with Gasteiger partial charge < -0.3 is 5.32 Å². The van der Waals surface area contributed by atoms with Crippen LogP contribution in [0.15, 0.2) is 0 Å². The third kappa shape index (κ3) is 2.36. The number of halogens is 1. The first-order valence-corrected chi connectivity index (χ1v) is 8.20. The van der Waals surface area contributed by atoms with Crippen molar-refractivity contribution in [2.75, 3.05) is 13.1 Å². The average molecular weight is 311 g/mol. The zero-order chi connectivity index (χ0) is 15.0. The Labute approximate surface area is 130 Å². The van der Waals surface area contributed by atoms with Crippen molar-refractivity contribution in [2.24, 2.45) is 7.05 Å². The molecule has 3 heterocycles. The van der Waals surface area contributed by atoms with Gasteiger partial charge >= 0.3 is 0 Å². The van der Waals surface area contributed by atoms with E-state index < -0.39 is 0 Å². The smallest absolute Gasteiger partial charge is 0.240 e. The zero-order valence-corrected chi connectivity index (χ0v) is 13.5. The number of rotatable bonds is 3. The number of carbonyl (C=O) groups is 1. The van der Waals surface area contributed by atoms with Gasteiger partial charge in [0, 0.05) is 25.7 Å². The second-order valence-electron chi connectivity index (χ2n) is 6.11. The summed E-state index contributed by atoms with van der Waals surface area (Å²) in [6, 6.07) is 0. The molecule has 1 aromatic rings. The van der Waals surface area contributed by atoms with Crippen LogP contribution in [0.3, 0.4) is 0 Å². The summed E-state index contributed by atoms with van der Waals surface area (Å²) in [6.45, 7) is 4.59. The molecule has 3 rings (SSSR count). The van der Waals surface area contributed by atoms with Gasteiger partial charge in [0.2, 0.25) is 5.91 Å². The second kappa shape index (κ2) is 5.61. The molecule has 6 heteroatoms. The lowest BCUT2D eigenvalue weighted by Crippen LogP contribution is -2.58. The predicted molar refractivity (Wildman–Crippen MR) is 82.2 cm³/mol. The largest absolute Gasteiger partial charge is 0.354 e. The van der Waals surface area contributed by atoms with Crippen LogP contribution in [0.5, 0.6) is 0 Å². The monoisotopic (exact) mass is 310 g/mol. The number of aryl methyl sites for hydroxylation is 2. The average Bonchev–Trinajstić information content (AvgIpc) is 2.99. The highest BCUT2D eigenvalue weighted by molar-refractivity contribution is 6.30. The van der Waals surface area contributed by atoms with E-state index in [1.807, 2.05) is 7.05 Å². The van der Waals surface area contributed by atoms with Crippen LogP contribution < -0.4 is 5.32 Å². The van der Waals surface area contributed by atoms with Gasteiger partial charge in [-0.2, -0.15) is 5.10 Å². The van der Waals surface area contributed by atoms with Gasteiger partial charge in [0.1, 0.15) is 10.7 Å². The van der Waals surface area contributed by atoms with Crippen molar-refractivity contribution in [3.63, 3.8) is 0 Å². The maximum atomic E-state index is 12.5. The lowest BCUT2D eigenvalue weighted by molar-refractivity contribution is -0.134. The van der Waals surface area contributed by atoms with Gasteiger partial charge in [0.25, 0.3) is 0 Å². The number of nitrogens with one attached hydrogen (secondary N) is 1. The summed E-state index contributed by atoms with van der Waals surface area (Å²) in [5.41, 5.74) is 1.81. The van der Waals surface area contributed by atoms with Crippen LogP contribution in [0, 0.1) is 0 Å². The zero-order valence-electron chi connectivity index (χ0n) is 12.8. The van der Waals surface area contributed by atoms with Gasteiger partial charge in [-0.15, -0.1) is 0 Å². The van der Waals surface area contributed by atoms with Crippen LogP contribution in [0.2, 0.25) is 5.15 Å². The lowest BCUT2D eigenvalue weighted by Gasteiger charge is -2.40. The Kier molecular flexibility index (Phi) is 3.97. The van der Waals surface area contributed by atoms with E-state index in [4.69, 9.17) is 11.6 Å². The second-order valence-corrected chi connectivity index (χ2v) is 6.47. The van der Waals surface area contributed by atoms with Crippen molar-refractivity contribution in [2.45, 2.75) is 51.1 Å². The van der Waals surface area contributed by atoms with Crippen molar-refractivity contribution in [1.29, 1.82) is 0 Å². The predicted octanol–water partition coefficient (Wildman–Crippen LogP) is 1.88. The van der Waals surface area contributed by atoms with Crippen LogP contribution in [-0.2, 0) is 24.8 Å². The Balaban J connectivity index is 1.89. The number of hydrogen-bond donors (Lipinski definition) is 1. The van der Waals surface area contributed by atoms with Crippen LogP contribution in [0.25, 0.3) is 0 Å². The number of piperidine rings is 1. The highest BCUT2D eigenvalue weighted by Crippen LogP contribution is 2.38. The van der Waals surface area contributed by atoms with Gasteiger partial charge in [-0.05, 0) is 38.6 Å². The van der Waals surface area contributed by atoms with E-state index in [9.17, 15) is 4.79 Å². The molecule has 2 aliphatic heterocycles. The van der Waals surface area contributed by atoms with E-state index in [0.717, 1.165) is 63.0 Å². The Hall–Kier alpha value is -1.07. The SMILES string of the molecule is CCc1nn(C)c(Cl)c1CN1CCCC12CCCNC2=O. The molecular formula is C15H23ClN4O. The fourth-order valence-electron chi connectivity index (χ4n) is 3.80. The van der Waals surface area contributed by atoms with Crippen molar-refractivity contribution in [1.82, 2.24) is 20.0 Å². The molecule has 1 N–H and O–H groups in total. The summed E-state index contributed by atoms with van der Waals surface area (Å²) in [5.74, 6) is 0.198. The number of amides is 1. The molecule has 2 saturated heterocycles. The number of carbonyl (C=O) groups excluding carboxylic acids is 1. The molecule has 0 aliphatic carbocycles. The van der Waals surface area contributed by atoms with Crippen LogP contribution >= 0.6 is 11.6 Å². The van der Waals surface area contributed by atoms with Crippen molar-refractivity contribution >= 4 is 17.5 Å². The van der Waals surface area contributed by atoms with Crippen molar-refractivity contribution < 1.29 is 4.79 Å². The Morgan fingerprint density at radius 3 is 2.86 bits per heavy atom. The van der Waals surface area contributed by atoms with E-state index in [1.165, 1.54) is 0 Å². The molecule has 21 heavy (non-hydrogen) atoms. The van der Waals surface area contributed by atoms with Crippen LogP contribution in [0.4, 0.5) is 0 Å². The highest BCUT2D eigenvalue weighted by Gasteiger charge is 2.48. The maximum absolute atomic E-state index is 12.5. The molecule has 1 atom stereocenters. The van der Waals surface area contributed by atoms with E-state index in [-0.39, 0.29) is 11.4 Å². The number of aromatic nitrogens is 2. The Morgan fingerprint density at radius 2 is 2.14 bits per heavy atom. The molecule has 2 aliphatic rings. The summed E-state index contributed by atoms with van der Waals surface area (Å²) in [6.07, 6.45) is 4.91. The number of nitrogens with zero attached hydrogens (tertiary/aromatic N) is 3. The number of likely N-dealkylation sites (tertiary alicyclic amines) is 1. The van der Waals surface area contributed by atoms with Crippen LogP contribution in [-0.4, -0.2) is 39.2 Å². The molecule has 5 nitrogen and oxygen atoms in total. The lowest BCUT2D eigenvalue weighted by atomic mass is 9.86. The van der Waals surface area contributed by atoms with Gasteiger partial charge in [-0.1, -0.05) is 18.5 Å². The third-order valence-corrected chi connectivity index (χ3v) is 5.41. The highest BCUT2D eigenvalue weighted by atomic mass is 35.5. The Morgan fingerprint density at radius 1 is 1.38 bits per heavy atom. The molecule has 1 aromatic heterocycles. The minimum absolute atomic E-state index is 0.198.